The lowest BCUT2D eigenvalue weighted by molar-refractivity contribution is 0.0997. The molecule has 5 rings (SSSR count). The molecule has 30 heavy (non-hydrogen) atoms. The molecular formula is C21H17N5O4. The van der Waals surface area contributed by atoms with E-state index in [1.165, 1.54) is 9.13 Å². The molecule has 0 saturated carbocycles. The predicted molar refractivity (Wildman–Crippen MR) is 109 cm³/mol. The zero-order valence-corrected chi connectivity index (χ0v) is 16.2. The highest BCUT2D eigenvalue weighted by Crippen LogP contribution is 2.34. The molecular weight excluding hydrogens is 386 g/mol. The maximum atomic E-state index is 13.1. The minimum Gasteiger partial charge on any atom is -0.454 e. The summed E-state index contributed by atoms with van der Waals surface area (Å²) in [7, 11) is 1.55. The number of primary amides is 1. The quantitative estimate of drug-likeness (QED) is 0.559. The third-order valence-corrected chi connectivity index (χ3v) is 5.12. The Hall–Kier alpha value is -4.14. The number of benzene rings is 2. The van der Waals surface area contributed by atoms with Gasteiger partial charge in [-0.15, -0.1) is 0 Å². The molecule has 3 heterocycles. The molecule has 2 aromatic heterocycles. The molecule has 0 bridgehead atoms. The molecule has 9 nitrogen and oxygen atoms in total. The van der Waals surface area contributed by atoms with Crippen LogP contribution in [0.25, 0.3) is 28.2 Å². The second kappa shape index (κ2) is 6.45. The van der Waals surface area contributed by atoms with Gasteiger partial charge in [0.05, 0.1) is 5.69 Å². The number of aryl methyl sites for hydroxylation is 2. The molecule has 1 amide bonds. The molecule has 2 aromatic carbocycles. The highest BCUT2D eigenvalue weighted by Gasteiger charge is 2.24. The second-order valence-corrected chi connectivity index (χ2v) is 6.96. The van der Waals surface area contributed by atoms with Crippen molar-refractivity contribution in [3.63, 3.8) is 0 Å². The van der Waals surface area contributed by atoms with Crippen molar-refractivity contribution in [2.24, 2.45) is 12.8 Å². The van der Waals surface area contributed by atoms with Crippen LogP contribution in [-0.2, 0) is 7.05 Å². The third-order valence-electron chi connectivity index (χ3n) is 5.12. The molecule has 150 valence electrons. The standard InChI is InChI=1S/C21H17N5O4/c1-11-5-3-4-6-13(11)19-23-16(18(22)27)17-20(24-19)26(21(28)25(17)2)12-7-8-14-15(9-12)30-10-29-14/h3-9H,10H2,1-2H3,(H2,22,27). The van der Waals surface area contributed by atoms with Crippen LogP contribution >= 0.6 is 0 Å². The average molecular weight is 403 g/mol. The largest absolute Gasteiger partial charge is 0.454 e. The fourth-order valence-corrected chi connectivity index (χ4v) is 3.62. The summed E-state index contributed by atoms with van der Waals surface area (Å²) < 4.78 is 13.5. The van der Waals surface area contributed by atoms with Crippen molar-refractivity contribution < 1.29 is 14.3 Å². The first-order chi connectivity index (χ1) is 14.5. The van der Waals surface area contributed by atoms with Gasteiger partial charge in [0.25, 0.3) is 5.91 Å². The molecule has 0 fully saturated rings. The molecule has 0 spiro atoms. The van der Waals surface area contributed by atoms with Crippen molar-refractivity contribution in [3.05, 3.63) is 64.2 Å². The van der Waals surface area contributed by atoms with E-state index in [0.29, 0.717) is 23.0 Å². The summed E-state index contributed by atoms with van der Waals surface area (Å²) in [5, 5.41) is 0. The van der Waals surface area contributed by atoms with Crippen molar-refractivity contribution in [1.29, 1.82) is 0 Å². The number of aromatic nitrogens is 4. The first kappa shape index (κ1) is 17.9. The second-order valence-electron chi connectivity index (χ2n) is 6.96. The number of ether oxygens (including phenoxy) is 2. The van der Waals surface area contributed by atoms with Crippen LogP contribution in [0.3, 0.4) is 0 Å². The van der Waals surface area contributed by atoms with Crippen LogP contribution in [0.15, 0.2) is 47.3 Å². The SMILES string of the molecule is Cc1ccccc1-c1nc(C(N)=O)c2c(n1)n(-c1ccc3c(c1)OCO3)c(=O)n2C. The van der Waals surface area contributed by atoms with E-state index in [0.717, 1.165) is 11.1 Å². The minimum atomic E-state index is -0.740. The van der Waals surface area contributed by atoms with E-state index >= 15 is 0 Å². The normalized spacial score (nSPS) is 12.5. The van der Waals surface area contributed by atoms with Crippen molar-refractivity contribution >= 4 is 17.1 Å². The highest BCUT2D eigenvalue weighted by molar-refractivity contribution is 6.02. The summed E-state index contributed by atoms with van der Waals surface area (Å²) >= 11 is 0. The Bertz CT molecular complexity index is 1400. The zero-order valence-electron chi connectivity index (χ0n) is 16.2. The minimum absolute atomic E-state index is 0.0163. The Morgan fingerprint density at radius 3 is 2.63 bits per heavy atom. The topological polar surface area (TPSA) is 114 Å². The van der Waals surface area contributed by atoms with Crippen molar-refractivity contribution in [1.82, 2.24) is 19.1 Å². The Kier molecular flexibility index (Phi) is 3.85. The fraction of sp³-hybridized carbons (Fsp3) is 0.143. The van der Waals surface area contributed by atoms with Crippen LogP contribution in [0.2, 0.25) is 0 Å². The zero-order chi connectivity index (χ0) is 21.0. The number of carbonyl (C=O) groups is 1. The Labute approximate surface area is 170 Å². The molecule has 9 heteroatoms. The molecule has 0 atom stereocenters. The fourth-order valence-electron chi connectivity index (χ4n) is 3.62. The van der Waals surface area contributed by atoms with Gasteiger partial charge in [0.2, 0.25) is 6.79 Å². The van der Waals surface area contributed by atoms with Gasteiger partial charge in [0, 0.05) is 18.7 Å². The lowest BCUT2D eigenvalue weighted by Gasteiger charge is -2.09. The van der Waals surface area contributed by atoms with E-state index < -0.39 is 5.91 Å². The summed E-state index contributed by atoms with van der Waals surface area (Å²) in [6.45, 7) is 2.04. The molecule has 4 aromatic rings. The van der Waals surface area contributed by atoms with Crippen LogP contribution in [0, 0.1) is 6.92 Å². The lowest BCUT2D eigenvalue weighted by atomic mass is 10.1. The van der Waals surface area contributed by atoms with Gasteiger partial charge >= 0.3 is 5.69 Å². The summed E-state index contributed by atoms with van der Waals surface area (Å²) in [5.41, 5.74) is 7.96. The first-order valence-electron chi connectivity index (χ1n) is 9.21. The van der Waals surface area contributed by atoms with E-state index in [4.69, 9.17) is 15.2 Å². The number of amides is 1. The number of nitrogens with zero attached hydrogens (tertiary/aromatic N) is 4. The van der Waals surface area contributed by atoms with E-state index in [1.54, 1.807) is 25.2 Å². The van der Waals surface area contributed by atoms with Crippen molar-refractivity contribution in [3.8, 4) is 28.6 Å². The van der Waals surface area contributed by atoms with Gasteiger partial charge in [-0.2, -0.15) is 0 Å². The Morgan fingerprint density at radius 1 is 1.10 bits per heavy atom. The number of imidazole rings is 1. The predicted octanol–water partition coefficient (Wildman–Crippen LogP) is 1.92. The van der Waals surface area contributed by atoms with Gasteiger partial charge in [0.15, 0.2) is 28.7 Å². The van der Waals surface area contributed by atoms with Gasteiger partial charge in [-0.1, -0.05) is 24.3 Å². The highest BCUT2D eigenvalue weighted by atomic mass is 16.7. The smallest absolute Gasteiger partial charge is 0.334 e. The van der Waals surface area contributed by atoms with Gasteiger partial charge in [-0.25, -0.2) is 19.3 Å². The number of rotatable bonds is 3. The van der Waals surface area contributed by atoms with Gasteiger partial charge in [-0.05, 0) is 24.6 Å². The number of fused-ring (bicyclic) bond motifs is 2. The first-order valence-corrected chi connectivity index (χ1v) is 9.21. The van der Waals surface area contributed by atoms with Gasteiger partial charge in [0.1, 0.15) is 5.52 Å². The van der Waals surface area contributed by atoms with Gasteiger partial charge < -0.3 is 15.2 Å². The monoisotopic (exact) mass is 403 g/mol. The van der Waals surface area contributed by atoms with E-state index in [-0.39, 0.29) is 29.3 Å². The van der Waals surface area contributed by atoms with E-state index in [1.807, 2.05) is 31.2 Å². The Morgan fingerprint density at radius 2 is 1.87 bits per heavy atom. The number of hydrogen-bond acceptors (Lipinski definition) is 6. The molecule has 1 aliphatic rings. The summed E-state index contributed by atoms with van der Waals surface area (Å²) in [6.07, 6.45) is 0. The van der Waals surface area contributed by atoms with Crippen molar-refractivity contribution in [2.75, 3.05) is 6.79 Å². The van der Waals surface area contributed by atoms with E-state index in [2.05, 4.69) is 9.97 Å². The Balaban J connectivity index is 1.86. The summed E-state index contributed by atoms with van der Waals surface area (Å²) in [5.74, 6) is 0.699. The van der Waals surface area contributed by atoms with Crippen LogP contribution in [0.4, 0.5) is 0 Å². The summed E-state index contributed by atoms with van der Waals surface area (Å²) in [4.78, 5) is 34.4. The molecule has 0 aliphatic carbocycles. The molecule has 0 radical (unpaired) electrons. The van der Waals surface area contributed by atoms with E-state index in [9.17, 15) is 9.59 Å². The molecule has 1 aliphatic heterocycles. The van der Waals surface area contributed by atoms with Crippen LogP contribution in [-0.4, -0.2) is 31.8 Å². The number of carbonyl (C=O) groups excluding carboxylic acids is 1. The number of nitrogens with two attached hydrogens (primary N) is 1. The van der Waals surface area contributed by atoms with Crippen LogP contribution in [0.1, 0.15) is 16.1 Å². The maximum absolute atomic E-state index is 13.1. The third kappa shape index (κ3) is 2.55. The molecule has 0 unspecified atom stereocenters. The average Bonchev–Trinajstić information content (AvgIpc) is 3.30. The van der Waals surface area contributed by atoms with Crippen LogP contribution in [0.5, 0.6) is 11.5 Å². The summed E-state index contributed by atoms with van der Waals surface area (Å²) in [6, 6.07) is 12.7. The number of hydrogen-bond donors (Lipinski definition) is 1. The molecule has 0 saturated heterocycles. The molecule has 2 N–H and O–H groups in total. The van der Waals surface area contributed by atoms with Gasteiger partial charge in [-0.3, -0.25) is 9.36 Å². The van der Waals surface area contributed by atoms with Crippen LogP contribution < -0.4 is 20.9 Å². The lowest BCUT2D eigenvalue weighted by Crippen LogP contribution is -2.21. The van der Waals surface area contributed by atoms with Crippen molar-refractivity contribution in [2.45, 2.75) is 6.92 Å². The maximum Gasteiger partial charge on any atom is 0.334 e.